The topological polar surface area (TPSA) is 39.1 Å². The van der Waals surface area contributed by atoms with Crippen LogP contribution < -0.4 is 10.1 Å². The highest BCUT2D eigenvalue weighted by molar-refractivity contribution is 6.31. The second-order valence-corrected chi connectivity index (χ2v) is 5.37. The SMILES string of the molecule is CCCn1ncc(OC)c1C(Cc1ccccc1Cl)NC. The summed E-state index contributed by atoms with van der Waals surface area (Å²) in [4.78, 5) is 0. The van der Waals surface area contributed by atoms with Crippen LogP contribution in [0.2, 0.25) is 5.02 Å². The molecule has 0 aliphatic heterocycles. The lowest BCUT2D eigenvalue weighted by Crippen LogP contribution is -2.23. The van der Waals surface area contributed by atoms with Crippen molar-refractivity contribution in [1.82, 2.24) is 15.1 Å². The molecule has 0 spiro atoms. The molecule has 0 aliphatic carbocycles. The van der Waals surface area contributed by atoms with Gasteiger partial charge in [0.15, 0.2) is 5.75 Å². The number of hydrogen-bond donors (Lipinski definition) is 1. The molecule has 1 heterocycles. The Morgan fingerprint density at radius 2 is 2.14 bits per heavy atom. The first-order chi connectivity index (χ1) is 10.2. The summed E-state index contributed by atoms with van der Waals surface area (Å²) >= 11 is 6.28. The molecule has 0 fully saturated rings. The molecule has 4 nitrogen and oxygen atoms in total. The maximum absolute atomic E-state index is 6.28. The van der Waals surface area contributed by atoms with E-state index in [2.05, 4.69) is 23.4 Å². The van der Waals surface area contributed by atoms with E-state index in [1.54, 1.807) is 13.3 Å². The molecule has 1 unspecified atom stereocenters. The number of rotatable bonds is 7. The Morgan fingerprint density at radius 1 is 1.38 bits per heavy atom. The van der Waals surface area contributed by atoms with E-state index in [1.807, 2.05) is 29.9 Å². The Morgan fingerprint density at radius 3 is 2.76 bits per heavy atom. The van der Waals surface area contributed by atoms with Crippen LogP contribution in [0.5, 0.6) is 5.75 Å². The highest BCUT2D eigenvalue weighted by atomic mass is 35.5. The zero-order chi connectivity index (χ0) is 15.2. The highest BCUT2D eigenvalue weighted by Gasteiger charge is 2.21. The smallest absolute Gasteiger partial charge is 0.161 e. The van der Waals surface area contributed by atoms with E-state index >= 15 is 0 Å². The van der Waals surface area contributed by atoms with Crippen LogP contribution in [0, 0.1) is 0 Å². The third kappa shape index (κ3) is 3.57. The lowest BCUT2D eigenvalue weighted by atomic mass is 10.0. The number of likely N-dealkylation sites (N-methyl/N-ethyl adjacent to an activating group) is 1. The summed E-state index contributed by atoms with van der Waals surface area (Å²) in [5.74, 6) is 0.815. The predicted molar refractivity (Wildman–Crippen MR) is 86.0 cm³/mol. The molecule has 2 rings (SSSR count). The van der Waals surface area contributed by atoms with Crippen molar-refractivity contribution < 1.29 is 4.74 Å². The molecule has 1 aromatic carbocycles. The molecule has 5 heteroatoms. The molecular formula is C16H22ClN3O. The van der Waals surface area contributed by atoms with Gasteiger partial charge in [-0.3, -0.25) is 4.68 Å². The lowest BCUT2D eigenvalue weighted by Gasteiger charge is -2.20. The standard InChI is InChI=1S/C16H22ClN3O/c1-4-9-20-16(15(21-3)11-19-20)14(18-2)10-12-7-5-6-8-13(12)17/h5-8,11,14,18H,4,9-10H2,1-3H3. The third-order valence-corrected chi connectivity index (χ3v) is 3.93. The monoisotopic (exact) mass is 307 g/mol. The average molecular weight is 308 g/mol. The van der Waals surface area contributed by atoms with E-state index in [9.17, 15) is 0 Å². The van der Waals surface area contributed by atoms with Crippen LogP contribution in [0.4, 0.5) is 0 Å². The largest absolute Gasteiger partial charge is 0.493 e. The van der Waals surface area contributed by atoms with Gasteiger partial charge in [-0.25, -0.2) is 0 Å². The summed E-state index contributed by atoms with van der Waals surface area (Å²) in [5.41, 5.74) is 2.19. The first-order valence-corrected chi connectivity index (χ1v) is 7.59. The predicted octanol–water partition coefficient (Wildman–Crippen LogP) is 3.46. The van der Waals surface area contributed by atoms with Crippen molar-refractivity contribution in [3.8, 4) is 5.75 Å². The maximum Gasteiger partial charge on any atom is 0.161 e. The van der Waals surface area contributed by atoms with Gasteiger partial charge >= 0.3 is 0 Å². The normalized spacial score (nSPS) is 12.4. The fraction of sp³-hybridized carbons (Fsp3) is 0.438. The van der Waals surface area contributed by atoms with Gasteiger partial charge in [-0.15, -0.1) is 0 Å². The fourth-order valence-corrected chi connectivity index (χ4v) is 2.71. The van der Waals surface area contributed by atoms with Crippen LogP contribution in [-0.4, -0.2) is 23.9 Å². The summed E-state index contributed by atoms with van der Waals surface area (Å²) in [7, 11) is 3.63. The van der Waals surface area contributed by atoms with Crippen LogP contribution in [-0.2, 0) is 13.0 Å². The van der Waals surface area contributed by atoms with Gasteiger partial charge in [0, 0.05) is 11.6 Å². The van der Waals surface area contributed by atoms with Crippen LogP contribution in [0.15, 0.2) is 30.5 Å². The fourth-order valence-electron chi connectivity index (χ4n) is 2.50. The van der Waals surface area contributed by atoms with Crippen molar-refractivity contribution in [2.24, 2.45) is 0 Å². The van der Waals surface area contributed by atoms with Crippen molar-refractivity contribution in [2.45, 2.75) is 32.4 Å². The first-order valence-electron chi connectivity index (χ1n) is 7.21. The van der Waals surface area contributed by atoms with Crippen molar-refractivity contribution in [3.05, 3.63) is 46.7 Å². The van der Waals surface area contributed by atoms with Crippen LogP contribution in [0.25, 0.3) is 0 Å². The molecular weight excluding hydrogens is 286 g/mol. The Kier molecular flexibility index (Phi) is 5.65. The Labute approximate surface area is 131 Å². The molecule has 114 valence electrons. The van der Waals surface area contributed by atoms with Gasteiger partial charge < -0.3 is 10.1 Å². The molecule has 1 atom stereocenters. The Balaban J connectivity index is 2.32. The minimum Gasteiger partial charge on any atom is -0.493 e. The molecule has 1 aromatic heterocycles. The summed E-state index contributed by atoms with van der Waals surface area (Å²) < 4.78 is 7.48. The summed E-state index contributed by atoms with van der Waals surface area (Å²) in [5, 5.41) is 8.57. The maximum atomic E-state index is 6.28. The number of ether oxygens (including phenoxy) is 1. The van der Waals surface area contributed by atoms with Crippen molar-refractivity contribution >= 4 is 11.6 Å². The van der Waals surface area contributed by atoms with E-state index in [4.69, 9.17) is 16.3 Å². The van der Waals surface area contributed by atoms with Crippen molar-refractivity contribution in [2.75, 3.05) is 14.2 Å². The van der Waals surface area contributed by atoms with Crippen molar-refractivity contribution in [1.29, 1.82) is 0 Å². The zero-order valence-electron chi connectivity index (χ0n) is 12.8. The van der Waals surface area contributed by atoms with Crippen molar-refractivity contribution in [3.63, 3.8) is 0 Å². The van der Waals surface area contributed by atoms with Gasteiger partial charge in [0.25, 0.3) is 0 Å². The van der Waals surface area contributed by atoms with Crippen LogP contribution in [0.1, 0.15) is 30.6 Å². The van der Waals surface area contributed by atoms with E-state index < -0.39 is 0 Å². The third-order valence-electron chi connectivity index (χ3n) is 3.56. The molecule has 0 aliphatic rings. The van der Waals surface area contributed by atoms with E-state index in [-0.39, 0.29) is 6.04 Å². The molecule has 0 radical (unpaired) electrons. The highest BCUT2D eigenvalue weighted by Crippen LogP contribution is 2.29. The molecule has 0 saturated carbocycles. The molecule has 2 aromatic rings. The minimum absolute atomic E-state index is 0.105. The number of nitrogens with zero attached hydrogens (tertiary/aromatic N) is 2. The lowest BCUT2D eigenvalue weighted by molar-refractivity contribution is 0.393. The van der Waals surface area contributed by atoms with Gasteiger partial charge in [0.1, 0.15) is 0 Å². The molecule has 1 N–H and O–H groups in total. The molecule has 0 saturated heterocycles. The number of nitrogens with one attached hydrogen (secondary N) is 1. The summed E-state index contributed by atoms with van der Waals surface area (Å²) in [6, 6.07) is 8.04. The first kappa shape index (κ1) is 15.9. The Hall–Kier alpha value is -1.52. The van der Waals surface area contributed by atoms with Gasteiger partial charge in [0.2, 0.25) is 0 Å². The minimum atomic E-state index is 0.105. The van der Waals surface area contributed by atoms with E-state index in [0.717, 1.165) is 41.4 Å². The number of hydrogen-bond acceptors (Lipinski definition) is 3. The second kappa shape index (κ2) is 7.48. The average Bonchev–Trinajstić information content (AvgIpc) is 2.90. The zero-order valence-corrected chi connectivity index (χ0v) is 13.5. The molecule has 0 amide bonds. The van der Waals surface area contributed by atoms with E-state index in [0.29, 0.717) is 0 Å². The second-order valence-electron chi connectivity index (χ2n) is 4.96. The molecule has 0 bridgehead atoms. The number of halogens is 1. The quantitative estimate of drug-likeness (QED) is 0.851. The van der Waals surface area contributed by atoms with Gasteiger partial charge in [-0.1, -0.05) is 36.7 Å². The van der Waals surface area contributed by atoms with Gasteiger partial charge in [-0.05, 0) is 31.5 Å². The summed E-state index contributed by atoms with van der Waals surface area (Å²) in [6.07, 6.45) is 3.60. The van der Waals surface area contributed by atoms with Gasteiger partial charge in [-0.2, -0.15) is 5.10 Å². The number of methoxy groups -OCH3 is 1. The van der Waals surface area contributed by atoms with E-state index in [1.165, 1.54) is 0 Å². The summed E-state index contributed by atoms with van der Waals surface area (Å²) in [6.45, 7) is 3.01. The Bertz CT molecular complexity index is 583. The number of aryl methyl sites for hydroxylation is 1. The van der Waals surface area contributed by atoms with Crippen LogP contribution >= 0.6 is 11.6 Å². The van der Waals surface area contributed by atoms with Crippen LogP contribution in [0.3, 0.4) is 0 Å². The number of aromatic nitrogens is 2. The van der Waals surface area contributed by atoms with Gasteiger partial charge in [0.05, 0.1) is 25.0 Å². The number of benzene rings is 1. The molecule has 21 heavy (non-hydrogen) atoms.